The first kappa shape index (κ1) is 11.6. The minimum absolute atomic E-state index is 0.690. The van der Waals surface area contributed by atoms with Crippen LogP contribution in [0, 0.1) is 11.8 Å². The molecule has 0 bridgehead atoms. The maximum Gasteiger partial charge on any atom is 0.240 e. The van der Waals surface area contributed by atoms with Gasteiger partial charge in [-0.15, -0.1) is 0 Å². The minimum atomic E-state index is 0.690. The zero-order chi connectivity index (χ0) is 11.4. The van der Waals surface area contributed by atoms with Crippen LogP contribution < -0.4 is 5.32 Å². The fourth-order valence-electron chi connectivity index (χ4n) is 1.59. The van der Waals surface area contributed by atoms with Crippen molar-refractivity contribution in [3.05, 3.63) is 11.7 Å². The molecule has 1 aliphatic carbocycles. The molecule has 0 spiro atoms. The first-order valence-corrected chi connectivity index (χ1v) is 6.26. The van der Waals surface area contributed by atoms with E-state index in [2.05, 4.69) is 29.3 Å². The predicted molar refractivity (Wildman–Crippen MR) is 61.9 cm³/mol. The molecule has 1 heterocycles. The Morgan fingerprint density at radius 3 is 2.94 bits per heavy atom. The Labute approximate surface area is 96.8 Å². The summed E-state index contributed by atoms with van der Waals surface area (Å²) >= 11 is 0. The number of nitrogens with one attached hydrogen (secondary N) is 1. The zero-order valence-corrected chi connectivity index (χ0v) is 10.2. The molecule has 0 aromatic carbocycles. The highest BCUT2D eigenvalue weighted by atomic mass is 16.5. The van der Waals surface area contributed by atoms with Crippen molar-refractivity contribution < 1.29 is 4.52 Å². The van der Waals surface area contributed by atoms with Crippen LogP contribution in [0.4, 0.5) is 0 Å². The molecule has 0 aliphatic heterocycles. The number of nitrogens with zero attached hydrogens (tertiary/aromatic N) is 2. The average Bonchev–Trinajstić information content (AvgIpc) is 2.94. The summed E-state index contributed by atoms with van der Waals surface area (Å²) in [7, 11) is 0. The second-order valence-electron chi connectivity index (χ2n) is 5.11. The smallest absolute Gasteiger partial charge is 0.240 e. The Bertz CT molecular complexity index is 318. The van der Waals surface area contributed by atoms with E-state index in [4.69, 9.17) is 4.52 Å². The van der Waals surface area contributed by atoms with Gasteiger partial charge in [0, 0.05) is 6.42 Å². The van der Waals surface area contributed by atoms with Crippen LogP contribution in [-0.4, -0.2) is 16.7 Å². The van der Waals surface area contributed by atoms with Crippen LogP contribution in [-0.2, 0) is 13.0 Å². The van der Waals surface area contributed by atoms with Gasteiger partial charge in [0.2, 0.25) is 5.89 Å². The van der Waals surface area contributed by atoms with E-state index in [1.807, 2.05) is 0 Å². The third-order valence-electron chi connectivity index (χ3n) is 2.86. The van der Waals surface area contributed by atoms with E-state index in [1.54, 1.807) is 0 Å². The summed E-state index contributed by atoms with van der Waals surface area (Å²) in [6, 6.07) is 0. The molecule has 1 N–H and O–H groups in total. The van der Waals surface area contributed by atoms with Crippen LogP contribution in [0.5, 0.6) is 0 Å². The van der Waals surface area contributed by atoms with Gasteiger partial charge in [-0.05, 0) is 37.6 Å². The number of aromatic nitrogens is 2. The van der Waals surface area contributed by atoms with Gasteiger partial charge in [-0.3, -0.25) is 0 Å². The Hall–Kier alpha value is -0.900. The lowest BCUT2D eigenvalue weighted by Gasteiger charge is -1.99. The summed E-state index contributed by atoms with van der Waals surface area (Å²) in [4.78, 5) is 4.36. The molecule has 2 rings (SSSR count). The second kappa shape index (κ2) is 5.43. The highest BCUT2D eigenvalue weighted by molar-refractivity contribution is 4.87. The van der Waals surface area contributed by atoms with Crippen molar-refractivity contribution in [1.29, 1.82) is 0 Å². The minimum Gasteiger partial charge on any atom is -0.338 e. The Kier molecular flexibility index (Phi) is 3.93. The fourth-order valence-corrected chi connectivity index (χ4v) is 1.59. The van der Waals surface area contributed by atoms with Gasteiger partial charge in [0.25, 0.3) is 0 Å². The topological polar surface area (TPSA) is 51.0 Å². The van der Waals surface area contributed by atoms with E-state index < -0.39 is 0 Å². The molecular formula is C12H21N3O. The first-order chi connectivity index (χ1) is 7.74. The summed E-state index contributed by atoms with van der Waals surface area (Å²) in [5, 5.41) is 7.32. The molecule has 0 atom stereocenters. The molecule has 0 unspecified atom stereocenters. The monoisotopic (exact) mass is 223 g/mol. The molecule has 4 nitrogen and oxygen atoms in total. The molecular weight excluding hydrogens is 202 g/mol. The maximum atomic E-state index is 5.18. The quantitative estimate of drug-likeness (QED) is 0.769. The van der Waals surface area contributed by atoms with E-state index >= 15 is 0 Å². The molecule has 0 radical (unpaired) electrons. The predicted octanol–water partition coefficient (Wildman–Crippen LogP) is 2.16. The van der Waals surface area contributed by atoms with E-state index in [-0.39, 0.29) is 0 Å². The molecule has 1 aromatic heterocycles. The van der Waals surface area contributed by atoms with Gasteiger partial charge in [-0.2, -0.15) is 4.98 Å². The van der Waals surface area contributed by atoms with Crippen molar-refractivity contribution >= 4 is 0 Å². The lowest BCUT2D eigenvalue weighted by Crippen LogP contribution is -2.16. The largest absolute Gasteiger partial charge is 0.338 e. The SMILES string of the molecule is CC(C)CCc1noc(CNCC2CC2)n1. The average molecular weight is 223 g/mol. The van der Waals surface area contributed by atoms with Crippen LogP contribution in [0.25, 0.3) is 0 Å². The van der Waals surface area contributed by atoms with Gasteiger partial charge in [0.15, 0.2) is 5.82 Å². The van der Waals surface area contributed by atoms with Crippen LogP contribution in [0.2, 0.25) is 0 Å². The van der Waals surface area contributed by atoms with Gasteiger partial charge < -0.3 is 9.84 Å². The number of rotatable bonds is 7. The maximum absolute atomic E-state index is 5.18. The molecule has 1 aromatic rings. The van der Waals surface area contributed by atoms with Crippen LogP contribution in [0.1, 0.15) is 44.8 Å². The van der Waals surface area contributed by atoms with Gasteiger partial charge in [0.05, 0.1) is 6.54 Å². The van der Waals surface area contributed by atoms with E-state index in [1.165, 1.54) is 12.8 Å². The zero-order valence-electron chi connectivity index (χ0n) is 10.2. The Balaban J connectivity index is 1.68. The fraction of sp³-hybridized carbons (Fsp3) is 0.833. The highest BCUT2D eigenvalue weighted by Gasteiger charge is 2.20. The summed E-state index contributed by atoms with van der Waals surface area (Å²) in [6.07, 6.45) is 4.78. The van der Waals surface area contributed by atoms with E-state index in [9.17, 15) is 0 Å². The summed E-state index contributed by atoms with van der Waals surface area (Å²) in [5.41, 5.74) is 0. The molecule has 90 valence electrons. The van der Waals surface area contributed by atoms with Crippen LogP contribution in [0.15, 0.2) is 4.52 Å². The molecule has 1 aliphatic rings. The van der Waals surface area contributed by atoms with E-state index in [0.29, 0.717) is 12.5 Å². The summed E-state index contributed by atoms with van der Waals surface area (Å²) < 4.78 is 5.18. The van der Waals surface area contributed by atoms with Gasteiger partial charge >= 0.3 is 0 Å². The molecule has 0 saturated heterocycles. The van der Waals surface area contributed by atoms with Crippen molar-refractivity contribution in [2.45, 2.75) is 46.1 Å². The molecule has 0 amide bonds. The lowest BCUT2D eigenvalue weighted by atomic mass is 10.1. The molecule has 4 heteroatoms. The van der Waals surface area contributed by atoms with Crippen molar-refractivity contribution in [2.75, 3.05) is 6.54 Å². The Morgan fingerprint density at radius 2 is 2.25 bits per heavy atom. The normalized spacial score (nSPS) is 15.9. The van der Waals surface area contributed by atoms with Gasteiger partial charge in [-0.1, -0.05) is 19.0 Å². The van der Waals surface area contributed by atoms with Gasteiger partial charge in [-0.25, -0.2) is 0 Å². The van der Waals surface area contributed by atoms with Crippen LogP contribution in [0.3, 0.4) is 0 Å². The van der Waals surface area contributed by atoms with Crippen molar-refractivity contribution in [3.63, 3.8) is 0 Å². The van der Waals surface area contributed by atoms with Gasteiger partial charge in [0.1, 0.15) is 0 Å². The number of aryl methyl sites for hydroxylation is 1. The third-order valence-corrected chi connectivity index (χ3v) is 2.86. The number of hydrogen-bond acceptors (Lipinski definition) is 4. The lowest BCUT2D eigenvalue weighted by molar-refractivity contribution is 0.361. The Morgan fingerprint density at radius 1 is 1.44 bits per heavy atom. The second-order valence-corrected chi connectivity index (χ2v) is 5.11. The molecule has 1 fully saturated rings. The molecule has 1 saturated carbocycles. The van der Waals surface area contributed by atoms with E-state index in [0.717, 1.165) is 37.0 Å². The van der Waals surface area contributed by atoms with Crippen molar-refractivity contribution in [3.8, 4) is 0 Å². The third kappa shape index (κ3) is 3.93. The van der Waals surface area contributed by atoms with Crippen molar-refractivity contribution in [1.82, 2.24) is 15.5 Å². The highest BCUT2D eigenvalue weighted by Crippen LogP contribution is 2.27. The van der Waals surface area contributed by atoms with Crippen molar-refractivity contribution in [2.24, 2.45) is 11.8 Å². The summed E-state index contributed by atoms with van der Waals surface area (Å²) in [5.74, 6) is 3.15. The summed E-state index contributed by atoms with van der Waals surface area (Å²) in [6.45, 7) is 6.21. The first-order valence-electron chi connectivity index (χ1n) is 6.26. The van der Waals surface area contributed by atoms with Crippen LogP contribution >= 0.6 is 0 Å². The molecule has 16 heavy (non-hydrogen) atoms. The number of hydrogen-bond donors (Lipinski definition) is 1. The standard InChI is InChI=1S/C12H21N3O/c1-9(2)3-6-11-14-12(16-15-11)8-13-7-10-4-5-10/h9-10,13H,3-8H2,1-2H3.